The molecule has 0 spiro atoms. The number of anilines is 1. The van der Waals surface area contributed by atoms with Crippen LogP contribution in [0, 0.1) is 6.92 Å². The van der Waals surface area contributed by atoms with Crippen molar-refractivity contribution in [1.29, 1.82) is 0 Å². The van der Waals surface area contributed by atoms with Crippen molar-refractivity contribution in [2.75, 3.05) is 5.43 Å². The highest BCUT2D eigenvalue weighted by atomic mass is 32.1. The summed E-state index contributed by atoms with van der Waals surface area (Å²) in [6, 6.07) is 18.6. The number of benzene rings is 2. The number of nitrogens with zero attached hydrogens (tertiary/aromatic N) is 2. The number of aromatic nitrogens is 1. The highest BCUT2D eigenvalue weighted by molar-refractivity contribution is 7.20. The van der Waals surface area contributed by atoms with E-state index in [2.05, 4.69) is 58.8 Å². The Bertz CT molecular complexity index is 1000. The summed E-state index contributed by atoms with van der Waals surface area (Å²) in [5, 5.41) is 8.49. The molecule has 2 aromatic heterocycles. The summed E-state index contributed by atoms with van der Waals surface area (Å²) >= 11 is 3.31. The maximum atomic E-state index is 4.57. The Morgan fingerprint density at radius 2 is 1.83 bits per heavy atom. The second-order valence-corrected chi connectivity index (χ2v) is 7.30. The van der Waals surface area contributed by atoms with E-state index in [1.807, 2.05) is 29.8 Å². The Morgan fingerprint density at radius 1 is 1.04 bits per heavy atom. The van der Waals surface area contributed by atoms with Crippen LogP contribution < -0.4 is 5.43 Å². The van der Waals surface area contributed by atoms with Gasteiger partial charge in [0, 0.05) is 15.6 Å². The second-order valence-electron chi connectivity index (χ2n) is 5.36. The van der Waals surface area contributed by atoms with Gasteiger partial charge in [-0.05, 0) is 23.9 Å². The number of thiophene rings is 1. The lowest BCUT2D eigenvalue weighted by Gasteiger charge is -1.95. The Labute approximate surface area is 148 Å². The van der Waals surface area contributed by atoms with Crippen LogP contribution >= 0.6 is 22.7 Å². The summed E-state index contributed by atoms with van der Waals surface area (Å²) in [6.45, 7) is 2.14. The van der Waals surface area contributed by atoms with Gasteiger partial charge in [0.1, 0.15) is 0 Å². The molecule has 0 fully saturated rings. The molecule has 0 aliphatic rings. The molecule has 0 atom stereocenters. The Morgan fingerprint density at radius 3 is 2.67 bits per heavy atom. The van der Waals surface area contributed by atoms with Crippen molar-refractivity contribution in [2.45, 2.75) is 6.92 Å². The Hall–Kier alpha value is -2.50. The number of hydrazone groups is 1. The fourth-order valence-corrected chi connectivity index (χ4v) is 4.28. The first kappa shape index (κ1) is 15.1. The molecule has 5 heteroatoms. The van der Waals surface area contributed by atoms with Gasteiger partial charge in [-0.25, -0.2) is 4.98 Å². The van der Waals surface area contributed by atoms with Gasteiger partial charge in [0.15, 0.2) is 0 Å². The van der Waals surface area contributed by atoms with Crippen molar-refractivity contribution in [3.05, 3.63) is 70.4 Å². The van der Waals surface area contributed by atoms with Crippen molar-refractivity contribution < 1.29 is 0 Å². The molecule has 0 saturated heterocycles. The van der Waals surface area contributed by atoms with Crippen LogP contribution in [0.4, 0.5) is 5.13 Å². The molecule has 0 radical (unpaired) electrons. The third-order valence-electron chi connectivity index (χ3n) is 3.80. The zero-order chi connectivity index (χ0) is 16.4. The summed E-state index contributed by atoms with van der Waals surface area (Å²) < 4.78 is 1.29. The summed E-state index contributed by atoms with van der Waals surface area (Å²) in [5.41, 5.74) is 6.39. The SMILES string of the molecule is Cc1c(C=NNc2nc(-c3ccccc3)cs2)sc2ccccc12. The minimum Gasteiger partial charge on any atom is -0.253 e. The van der Waals surface area contributed by atoms with Gasteiger partial charge in [0.2, 0.25) is 5.13 Å². The van der Waals surface area contributed by atoms with E-state index in [-0.39, 0.29) is 0 Å². The van der Waals surface area contributed by atoms with Gasteiger partial charge in [-0.2, -0.15) is 5.10 Å². The number of aryl methyl sites for hydroxylation is 1. The zero-order valence-corrected chi connectivity index (χ0v) is 14.7. The lowest BCUT2D eigenvalue weighted by atomic mass is 10.1. The monoisotopic (exact) mass is 349 g/mol. The van der Waals surface area contributed by atoms with Gasteiger partial charge in [-0.1, -0.05) is 48.5 Å². The van der Waals surface area contributed by atoms with Crippen LogP contribution in [0.1, 0.15) is 10.4 Å². The maximum Gasteiger partial charge on any atom is 0.203 e. The molecular weight excluding hydrogens is 334 g/mol. The highest BCUT2D eigenvalue weighted by Gasteiger charge is 2.06. The fraction of sp³-hybridized carbons (Fsp3) is 0.0526. The van der Waals surface area contributed by atoms with Crippen LogP contribution in [0.15, 0.2) is 65.1 Å². The maximum absolute atomic E-state index is 4.57. The summed E-state index contributed by atoms with van der Waals surface area (Å²) in [6.07, 6.45) is 1.88. The van der Waals surface area contributed by atoms with E-state index < -0.39 is 0 Å². The van der Waals surface area contributed by atoms with E-state index in [1.165, 1.54) is 20.5 Å². The first-order valence-electron chi connectivity index (χ1n) is 7.59. The second kappa shape index (κ2) is 6.55. The largest absolute Gasteiger partial charge is 0.253 e. The Balaban J connectivity index is 1.51. The molecule has 3 nitrogen and oxygen atoms in total. The number of rotatable bonds is 4. The number of fused-ring (bicyclic) bond motifs is 1. The van der Waals surface area contributed by atoms with Crippen LogP contribution in [-0.2, 0) is 0 Å². The van der Waals surface area contributed by atoms with E-state index in [0.29, 0.717) is 0 Å². The molecular formula is C19H15N3S2. The molecule has 4 rings (SSSR count). The van der Waals surface area contributed by atoms with Crippen molar-refractivity contribution in [1.82, 2.24) is 4.98 Å². The Kier molecular flexibility index (Phi) is 4.11. The van der Waals surface area contributed by atoms with Crippen LogP contribution in [0.25, 0.3) is 21.3 Å². The van der Waals surface area contributed by atoms with Gasteiger partial charge < -0.3 is 0 Å². The van der Waals surface area contributed by atoms with Gasteiger partial charge in [-0.15, -0.1) is 22.7 Å². The molecule has 0 aliphatic carbocycles. The number of hydrogen-bond donors (Lipinski definition) is 1. The van der Waals surface area contributed by atoms with E-state index >= 15 is 0 Å². The summed E-state index contributed by atoms with van der Waals surface area (Å²) in [4.78, 5) is 5.74. The predicted molar refractivity (Wildman–Crippen MR) is 105 cm³/mol. The molecule has 0 aliphatic heterocycles. The average Bonchev–Trinajstić information content (AvgIpc) is 3.22. The first-order valence-corrected chi connectivity index (χ1v) is 9.29. The smallest absolute Gasteiger partial charge is 0.203 e. The van der Waals surface area contributed by atoms with E-state index in [9.17, 15) is 0 Å². The third-order valence-corrected chi connectivity index (χ3v) is 5.75. The van der Waals surface area contributed by atoms with E-state index in [4.69, 9.17) is 0 Å². The zero-order valence-electron chi connectivity index (χ0n) is 13.1. The molecule has 2 aromatic carbocycles. The normalized spacial score (nSPS) is 11.4. The molecule has 0 amide bonds. The van der Waals surface area contributed by atoms with Crippen LogP contribution in [0.5, 0.6) is 0 Å². The van der Waals surface area contributed by atoms with Crippen LogP contribution in [-0.4, -0.2) is 11.2 Å². The molecule has 0 saturated carbocycles. The molecule has 1 N–H and O–H groups in total. The molecule has 2 heterocycles. The molecule has 4 aromatic rings. The minimum atomic E-state index is 0.795. The van der Waals surface area contributed by atoms with Crippen molar-refractivity contribution >= 4 is 44.1 Å². The number of nitrogens with one attached hydrogen (secondary N) is 1. The fourth-order valence-electron chi connectivity index (χ4n) is 2.53. The average molecular weight is 349 g/mol. The van der Waals surface area contributed by atoms with Gasteiger partial charge in [0.25, 0.3) is 0 Å². The van der Waals surface area contributed by atoms with Crippen molar-refractivity contribution in [2.24, 2.45) is 5.10 Å². The van der Waals surface area contributed by atoms with Crippen molar-refractivity contribution in [3.63, 3.8) is 0 Å². The van der Waals surface area contributed by atoms with Crippen LogP contribution in [0.2, 0.25) is 0 Å². The highest BCUT2D eigenvalue weighted by Crippen LogP contribution is 2.29. The molecule has 24 heavy (non-hydrogen) atoms. The lowest BCUT2D eigenvalue weighted by Crippen LogP contribution is -1.89. The first-order chi connectivity index (χ1) is 11.8. The third kappa shape index (κ3) is 2.96. The molecule has 0 unspecified atom stereocenters. The number of hydrogen-bond acceptors (Lipinski definition) is 5. The molecule has 118 valence electrons. The van der Waals surface area contributed by atoms with Crippen LogP contribution in [0.3, 0.4) is 0 Å². The standard InChI is InChI=1S/C19H15N3S2/c1-13-15-9-5-6-10-17(15)24-18(13)11-20-22-19-21-16(12-23-19)14-7-3-2-4-8-14/h2-12H,1H3,(H,21,22). The summed E-state index contributed by atoms with van der Waals surface area (Å²) in [5.74, 6) is 0. The van der Waals surface area contributed by atoms with E-state index in [0.717, 1.165) is 16.4 Å². The minimum absolute atomic E-state index is 0.795. The molecule has 0 bridgehead atoms. The summed E-state index contributed by atoms with van der Waals surface area (Å²) in [7, 11) is 0. The van der Waals surface area contributed by atoms with Gasteiger partial charge in [-0.3, -0.25) is 5.43 Å². The van der Waals surface area contributed by atoms with Gasteiger partial charge >= 0.3 is 0 Å². The van der Waals surface area contributed by atoms with Gasteiger partial charge in [0.05, 0.1) is 16.8 Å². The lowest BCUT2D eigenvalue weighted by molar-refractivity contribution is 1.29. The van der Waals surface area contributed by atoms with Crippen molar-refractivity contribution in [3.8, 4) is 11.3 Å². The number of thiazole rings is 1. The predicted octanol–water partition coefficient (Wildman–Crippen LogP) is 5.78. The van der Waals surface area contributed by atoms with E-state index in [1.54, 1.807) is 22.7 Å². The topological polar surface area (TPSA) is 37.3 Å². The quantitative estimate of drug-likeness (QED) is 0.374.